The Bertz CT molecular complexity index is 600. The fourth-order valence-electron chi connectivity index (χ4n) is 3.14. The van der Waals surface area contributed by atoms with E-state index in [-0.39, 0.29) is 11.8 Å². The first-order valence-corrected chi connectivity index (χ1v) is 10.0. The van der Waals surface area contributed by atoms with Crippen molar-refractivity contribution in [3.05, 3.63) is 23.3 Å². The number of rotatable bonds is 12. The largest absolute Gasteiger partial charge is 0.480 e. The number of carbonyl (C=O) groups is 4. The van der Waals surface area contributed by atoms with Gasteiger partial charge in [-0.05, 0) is 48.7 Å². The molecule has 164 valence electrons. The molecule has 0 aromatic heterocycles. The summed E-state index contributed by atoms with van der Waals surface area (Å²) >= 11 is 0. The van der Waals surface area contributed by atoms with E-state index in [1.165, 1.54) is 0 Å². The van der Waals surface area contributed by atoms with Crippen LogP contribution < -0.4 is 0 Å². The van der Waals surface area contributed by atoms with E-state index >= 15 is 0 Å². The Labute approximate surface area is 172 Å². The molecule has 0 saturated carbocycles. The van der Waals surface area contributed by atoms with Crippen LogP contribution in [0.1, 0.15) is 67.2 Å². The summed E-state index contributed by atoms with van der Waals surface area (Å²) < 4.78 is 4.79. The fraction of sp³-hybridized carbons (Fsp3) is 0.636. The van der Waals surface area contributed by atoms with Crippen molar-refractivity contribution in [3.8, 4) is 0 Å². The summed E-state index contributed by atoms with van der Waals surface area (Å²) in [6.07, 6.45) is 5.02. The van der Waals surface area contributed by atoms with Gasteiger partial charge in [0.2, 0.25) is 0 Å². The van der Waals surface area contributed by atoms with Crippen LogP contribution in [0.3, 0.4) is 0 Å². The molecule has 0 radical (unpaired) electrons. The Morgan fingerprint density at radius 3 is 1.24 bits per heavy atom. The molecule has 0 aromatic rings. The molecular weight excluding hydrogens is 376 g/mol. The minimum atomic E-state index is -1.64. The highest BCUT2D eigenvalue weighted by atomic mass is 16.6. The smallest absolute Gasteiger partial charge is 0.332 e. The molecule has 0 saturated heterocycles. The van der Waals surface area contributed by atoms with Gasteiger partial charge in [0, 0.05) is 0 Å². The van der Waals surface area contributed by atoms with Crippen LogP contribution in [-0.2, 0) is 23.9 Å². The summed E-state index contributed by atoms with van der Waals surface area (Å²) in [5, 5.41) is 19.1. The van der Waals surface area contributed by atoms with Crippen molar-refractivity contribution in [2.45, 2.75) is 67.2 Å². The molecule has 7 heteroatoms. The molecule has 2 N–H and O–H groups in total. The highest BCUT2D eigenvalue weighted by Crippen LogP contribution is 2.26. The van der Waals surface area contributed by atoms with Crippen molar-refractivity contribution >= 4 is 23.9 Å². The Morgan fingerprint density at radius 1 is 0.724 bits per heavy atom. The Hall–Kier alpha value is -2.44. The normalized spacial score (nSPS) is 14.6. The number of ether oxygens (including phenoxy) is 1. The Morgan fingerprint density at radius 2 is 1.03 bits per heavy atom. The van der Waals surface area contributed by atoms with Crippen molar-refractivity contribution in [1.29, 1.82) is 0 Å². The van der Waals surface area contributed by atoms with Crippen LogP contribution in [0, 0.1) is 23.7 Å². The number of hydrogen-bond donors (Lipinski definition) is 2. The maximum Gasteiger partial charge on any atom is 0.332 e. The number of carbonyl (C=O) groups excluding carboxylic acids is 2. The van der Waals surface area contributed by atoms with E-state index in [1.54, 1.807) is 12.2 Å². The van der Waals surface area contributed by atoms with E-state index in [1.807, 2.05) is 41.5 Å². The molecule has 0 heterocycles. The van der Waals surface area contributed by atoms with E-state index in [2.05, 4.69) is 0 Å². The molecule has 0 aliphatic heterocycles. The second kappa shape index (κ2) is 12.9. The van der Waals surface area contributed by atoms with E-state index in [0.717, 1.165) is 0 Å². The van der Waals surface area contributed by atoms with Gasteiger partial charge in [0.1, 0.15) is 0 Å². The highest BCUT2D eigenvalue weighted by Gasteiger charge is 2.38. The molecule has 0 amide bonds. The second-order valence-electron chi connectivity index (χ2n) is 7.85. The van der Waals surface area contributed by atoms with Gasteiger partial charge < -0.3 is 14.9 Å². The maximum absolute atomic E-state index is 12.5. The maximum atomic E-state index is 12.5. The lowest BCUT2D eigenvalue weighted by Gasteiger charge is -2.20. The third kappa shape index (κ3) is 9.07. The zero-order valence-corrected chi connectivity index (χ0v) is 18.2. The third-order valence-corrected chi connectivity index (χ3v) is 4.13. The molecule has 29 heavy (non-hydrogen) atoms. The van der Waals surface area contributed by atoms with Gasteiger partial charge in [-0.25, -0.2) is 0 Å². The van der Waals surface area contributed by atoms with Gasteiger partial charge in [0.15, 0.2) is 11.8 Å². The van der Waals surface area contributed by atoms with E-state index in [9.17, 15) is 29.4 Å². The summed E-state index contributed by atoms with van der Waals surface area (Å²) in [4.78, 5) is 48.5. The highest BCUT2D eigenvalue weighted by molar-refractivity contribution is 6.05. The van der Waals surface area contributed by atoms with Gasteiger partial charge in [-0.15, -0.1) is 0 Å². The van der Waals surface area contributed by atoms with Crippen molar-refractivity contribution in [2.24, 2.45) is 23.7 Å². The zero-order chi connectivity index (χ0) is 22.7. The molecule has 0 aliphatic rings. The zero-order valence-electron chi connectivity index (χ0n) is 18.2. The summed E-state index contributed by atoms with van der Waals surface area (Å²) in [6, 6.07) is 0. The predicted octanol–water partition coefficient (Wildman–Crippen LogP) is 4.22. The third-order valence-electron chi connectivity index (χ3n) is 4.13. The molecule has 0 aliphatic carbocycles. The van der Waals surface area contributed by atoms with Gasteiger partial charge in [0.05, 0.1) is 0 Å². The molecule has 2 unspecified atom stereocenters. The lowest BCUT2D eigenvalue weighted by atomic mass is 9.89. The van der Waals surface area contributed by atoms with Gasteiger partial charge in [-0.3, -0.25) is 19.2 Å². The van der Waals surface area contributed by atoms with Gasteiger partial charge in [-0.2, -0.15) is 0 Å². The van der Waals surface area contributed by atoms with Crippen molar-refractivity contribution in [1.82, 2.24) is 0 Å². The summed E-state index contributed by atoms with van der Waals surface area (Å²) in [5.74, 6) is -8.46. The van der Waals surface area contributed by atoms with Crippen LogP contribution in [0.5, 0.6) is 0 Å². The van der Waals surface area contributed by atoms with Gasteiger partial charge >= 0.3 is 23.9 Å². The van der Waals surface area contributed by atoms with Gasteiger partial charge in [-0.1, -0.05) is 53.7 Å². The topological polar surface area (TPSA) is 118 Å². The second-order valence-corrected chi connectivity index (χ2v) is 7.85. The first-order valence-electron chi connectivity index (χ1n) is 10.0. The number of hydrogen-bond acceptors (Lipinski definition) is 5. The molecule has 0 aromatic carbocycles. The van der Waals surface area contributed by atoms with Crippen LogP contribution in [0.15, 0.2) is 23.3 Å². The molecular formula is C22H34O7. The SMILES string of the molecule is CC/C=C(\CC(C)C)C(C(=O)O)C(=O)OC(=O)C(C(=O)O)/C(=C/CC)CC(C)C. The van der Waals surface area contributed by atoms with E-state index < -0.39 is 35.7 Å². The number of esters is 2. The molecule has 0 fully saturated rings. The molecule has 7 nitrogen and oxygen atoms in total. The average molecular weight is 411 g/mol. The Kier molecular flexibility index (Phi) is 11.8. The standard InChI is InChI=1S/C22H34O7/c1-7-9-15(11-13(3)4)17(19(23)24)21(27)29-22(28)18(20(25)26)16(10-8-2)12-14(5)6/h9-10,13-14,17-18H,7-8,11-12H2,1-6H3,(H,23,24)(H,25,26)/b15-9+,16-10+. The van der Waals surface area contributed by atoms with E-state index in [0.29, 0.717) is 36.8 Å². The monoisotopic (exact) mass is 410 g/mol. The minimum Gasteiger partial charge on any atom is -0.480 e. The van der Waals surface area contributed by atoms with Crippen molar-refractivity contribution in [3.63, 3.8) is 0 Å². The molecule has 0 bridgehead atoms. The lowest BCUT2D eigenvalue weighted by Crippen LogP contribution is -2.35. The van der Waals surface area contributed by atoms with Crippen LogP contribution in [0.25, 0.3) is 0 Å². The molecule has 2 atom stereocenters. The van der Waals surface area contributed by atoms with Crippen LogP contribution in [0.4, 0.5) is 0 Å². The van der Waals surface area contributed by atoms with Crippen LogP contribution in [-0.4, -0.2) is 34.1 Å². The van der Waals surface area contributed by atoms with Crippen molar-refractivity contribution in [2.75, 3.05) is 0 Å². The number of carboxylic acids is 2. The van der Waals surface area contributed by atoms with Crippen molar-refractivity contribution < 1.29 is 34.1 Å². The molecule has 0 spiro atoms. The number of allylic oxidation sites excluding steroid dienone is 2. The predicted molar refractivity (Wildman–Crippen MR) is 109 cm³/mol. The van der Waals surface area contributed by atoms with E-state index in [4.69, 9.17) is 4.74 Å². The minimum absolute atomic E-state index is 0.0926. The average Bonchev–Trinajstić information content (AvgIpc) is 2.53. The van der Waals surface area contributed by atoms with Crippen LogP contribution >= 0.6 is 0 Å². The van der Waals surface area contributed by atoms with Crippen LogP contribution in [0.2, 0.25) is 0 Å². The van der Waals surface area contributed by atoms with Gasteiger partial charge in [0.25, 0.3) is 0 Å². The number of carboxylic acid groups (broad SMARTS) is 2. The first kappa shape index (κ1) is 26.6. The first-order chi connectivity index (χ1) is 13.5. The summed E-state index contributed by atoms with van der Waals surface area (Å²) in [5.41, 5.74) is 0.706. The quantitative estimate of drug-likeness (QED) is 0.281. The Balaban J connectivity index is 5.79. The number of aliphatic carboxylic acids is 2. The lowest BCUT2D eigenvalue weighted by molar-refractivity contribution is -0.168. The summed E-state index contributed by atoms with van der Waals surface area (Å²) in [7, 11) is 0. The fourth-order valence-corrected chi connectivity index (χ4v) is 3.14. The summed E-state index contributed by atoms with van der Waals surface area (Å²) in [6.45, 7) is 11.1. The molecule has 0 rings (SSSR count).